The van der Waals surface area contributed by atoms with Crippen LogP contribution in [0, 0.1) is 0 Å². The number of likely N-dealkylation sites (tertiary alicyclic amines) is 1. The van der Waals surface area contributed by atoms with Crippen LogP contribution in [0.5, 0.6) is 0 Å². The molecule has 134 valence electrons. The Hall–Kier alpha value is -1.96. The van der Waals surface area contributed by atoms with Crippen molar-refractivity contribution in [1.29, 1.82) is 0 Å². The summed E-state index contributed by atoms with van der Waals surface area (Å²) in [7, 11) is 2.00. The van der Waals surface area contributed by atoms with Crippen molar-refractivity contribution in [1.82, 2.24) is 20.7 Å². The summed E-state index contributed by atoms with van der Waals surface area (Å²) >= 11 is 0. The maximum Gasteiger partial charge on any atom is 0.241 e. The lowest BCUT2D eigenvalue weighted by molar-refractivity contribution is -0.132. The van der Waals surface area contributed by atoms with Crippen LogP contribution in [0.4, 0.5) is 5.69 Å². The fourth-order valence-electron chi connectivity index (χ4n) is 4.18. The topological polar surface area (TPSA) is 67.9 Å². The second-order valence-corrected chi connectivity index (χ2v) is 7.32. The van der Waals surface area contributed by atoms with Gasteiger partial charge in [-0.3, -0.25) is 19.9 Å². The summed E-state index contributed by atoms with van der Waals surface area (Å²) in [6.07, 6.45) is 1.72. The van der Waals surface area contributed by atoms with Crippen LogP contribution in [0.2, 0.25) is 0 Å². The Morgan fingerprint density at radius 1 is 1.24 bits per heavy atom. The Bertz CT molecular complexity index is 661. The Morgan fingerprint density at radius 2 is 2.04 bits per heavy atom. The highest BCUT2D eigenvalue weighted by atomic mass is 16.2. The van der Waals surface area contributed by atoms with E-state index in [-0.39, 0.29) is 23.4 Å². The molecule has 2 atom stereocenters. The van der Waals surface area contributed by atoms with Gasteiger partial charge in [-0.15, -0.1) is 0 Å². The number of hydrazine groups is 1. The molecule has 1 aromatic carbocycles. The predicted molar refractivity (Wildman–Crippen MR) is 94.9 cm³/mol. The van der Waals surface area contributed by atoms with Crippen molar-refractivity contribution >= 4 is 17.5 Å². The molecule has 3 aliphatic rings. The van der Waals surface area contributed by atoms with E-state index in [4.69, 9.17) is 0 Å². The van der Waals surface area contributed by atoms with Crippen molar-refractivity contribution < 1.29 is 9.59 Å². The number of likely N-dealkylation sites (N-methyl/N-ethyl adjacent to an activating group) is 1. The fraction of sp³-hybridized carbons (Fsp3) is 0.556. The first-order chi connectivity index (χ1) is 12.1. The molecule has 0 aliphatic carbocycles. The van der Waals surface area contributed by atoms with Crippen LogP contribution in [0.15, 0.2) is 30.3 Å². The maximum absolute atomic E-state index is 12.7. The lowest BCUT2D eigenvalue weighted by Gasteiger charge is -2.46. The van der Waals surface area contributed by atoms with Crippen LogP contribution in [-0.4, -0.2) is 73.0 Å². The van der Waals surface area contributed by atoms with Gasteiger partial charge >= 0.3 is 0 Å². The van der Waals surface area contributed by atoms with Crippen LogP contribution in [-0.2, 0) is 9.59 Å². The van der Waals surface area contributed by atoms with E-state index in [1.54, 1.807) is 0 Å². The molecule has 3 fully saturated rings. The SMILES string of the molecule is CN1CC(=O)N(c2ccccc2)CC12CCN(C(=O)C1CCNN1)C2. The van der Waals surface area contributed by atoms with E-state index in [2.05, 4.69) is 15.8 Å². The normalized spacial score (nSPS) is 30.4. The Balaban J connectivity index is 1.52. The van der Waals surface area contributed by atoms with Gasteiger partial charge in [0.2, 0.25) is 11.8 Å². The summed E-state index contributed by atoms with van der Waals surface area (Å²) in [6, 6.07) is 9.69. The number of nitrogens with one attached hydrogen (secondary N) is 2. The van der Waals surface area contributed by atoms with Gasteiger partial charge in [0.25, 0.3) is 0 Å². The van der Waals surface area contributed by atoms with Gasteiger partial charge in [0, 0.05) is 31.9 Å². The third-order valence-corrected chi connectivity index (χ3v) is 5.78. The number of piperazine rings is 1. The molecular weight excluding hydrogens is 318 g/mol. The molecule has 7 nitrogen and oxygen atoms in total. The number of amides is 2. The smallest absolute Gasteiger partial charge is 0.241 e. The molecule has 1 spiro atoms. The fourth-order valence-corrected chi connectivity index (χ4v) is 4.18. The highest BCUT2D eigenvalue weighted by molar-refractivity contribution is 5.96. The maximum atomic E-state index is 12.7. The van der Waals surface area contributed by atoms with E-state index in [0.29, 0.717) is 19.6 Å². The molecule has 3 heterocycles. The minimum atomic E-state index is -0.161. The zero-order valence-electron chi connectivity index (χ0n) is 14.6. The molecule has 4 rings (SSSR count). The molecule has 0 aromatic heterocycles. The zero-order chi connectivity index (χ0) is 17.4. The van der Waals surface area contributed by atoms with Crippen LogP contribution >= 0.6 is 0 Å². The van der Waals surface area contributed by atoms with Crippen LogP contribution < -0.4 is 15.8 Å². The van der Waals surface area contributed by atoms with Crippen LogP contribution in [0.1, 0.15) is 12.8 Å². The first-order valence-corrected chi connectivity index (χ1v) is 8.93. The number of hydrogen-bond donors (Lipinski definition) is 2. The first kappa shape index (κ1) is 16.5. The van der Waals surface area contributed by atoms with Crippen molar-refractivity contribution in [2.45, 2.75) is 24.4 Å². The summed E-state index contributed by atoms with van der Waals surface area (Å²) in [5, 5.41) is 0. The molecule has 2 N–H and O–H groups in total. The summed E-state index contributed by atoms with van der Waals surface area (Å²) in [4.78, 5) is 31.3. The van der Waals surface area contributed by atoms with E-state index < -0.39 is 0 Å². The number of hydrogen-bond acceptors (Lipinski definition) is 5. The summed E-state index contributed by atoms with van der Waals surface area (Å²) < 4.78 is 0. The number of rotatable bonds is 2. The molecule has 3 saturated heterocycles. The van der Waals surface area contributed by atoms with Crippen molar-refractivity contribution in [2.75, 3.05) is 44.7 Å². The third kappa shape index (κ3) is 2.92. The van der Waals surface area contributed by atoms with Gasteiger partial charge in [-0.2, -0.15) is 0 Å². The van der Waals surface area contributed by atoms with Crippen molar-refractivity contribution in [3.63, 3.8) is 0 Å². The van der Waals surface area contributed by atoms with Crippen LogP contribution in [0.25, 0.3) is 0 Å². The highest BCUT2D eigenvalue weighted by Crippen LogP contribution is 2.33. The highest BCUT2D eigenvalue weighted by Gasteiger charge is 2.49. The first-order valence-electron chi connectivity index (χ1n) is 8.93. The average Bonchev–Trinajstić information content (AvgIpc) is 3.30. The summed E-state index contributed by atoms with van der Waals surface area (Å²) in [5.41, 5.74) is 6.86. The lowest BCUT2D eigenvalue weighted by atomic mass is 9.92. The standard InChI is InChI=1S/C18H25N5O2/c1-21-11-16(24)23(14-5-3-2-4-6-14)13-18(21)8-10-22(12-18)17(25)15-7-9-19-20-15/h2-6,15,19-20H,7-13H2,1H3. The van der Waals surface area contributed by atoms with Crippen molar-refractivity contribution in [2.24, 2.45) is 0 Å². The third-order valence-electron chi connectivity index (χ3n) is 5.78. The summed E-state index contributed by atoms with van der Waals surface area (Å²) in [5.74, 6) is 0.282. The van der Waals surface area contributed by atoms with E-state index >= 15 is 0 Å². The Labute approximate surface area is 147 Å². The van der Waals surface area contributed by atoms with Gasteiger partial charge in [0.1, 0.15) is 6.04 Å². The molecule has 0 radical (unpaired) electrons. The number of benzene rings is 1. The van der Waals surface area contributed by atoms with Crippen LogP contribution in [0.3, 0.4) is 0 Å². The molecule has 2 amide bonds. The van der Waals surface area contributed by atoms with Gasteiger partial charge in [0.05, 0.1) is 12.1 Å². The predicted octanol–water partition coefficient (Wildman–Crippen LogP) is -0.197. The number of anilines is 1. The molecule has 3 aliphatic heterocycles. The number of carbonyl (C=O) groups is 2. The quantitative estimate of drug-likeness (QED) is 0.779. The average molecular weight is 343 g/mol. The van der Waals surface area contributed by atoms with E-state index in [0.717, 1.165) is 31.6 Å². The molecular formula is C18H25N5O2. The van der Waals surface area contributed by atoms with E-state index in [1.807, 2.05) is 47.2 Å². The Morgan fingerprint density at radius 3 is 2.76 bits per heavy atom. The van der Waals surface area contributed by atoms with Gasteiger partial charge < -0.3 is 9.80 Å². The molecule has 0 saturated carbocycles. The van der Waals surface area contributed by atoms with E-state index in [1.165, 1.54) is 0 Å². The minimum Gasteiger partial charge on any atom is -0.339 e. The van der Waals surface area contributed by atoms with Crippen molar-refractivity contribution in [3.8, 4) is 0 Å². The van der Waals surface area contributed by atoms with Crippen molar-refractivity contribution in [3.05, 3.63) is 30.3 Å². The second-order valence-electron chi connectivity index (χ2n) is 7.32. The molecule has 1 aromatic rings. The van der Waals surface area contributed by atoms with Gasteiger partial charge in [-0.05, 0) is 32.0 Å². The second kappa shape index (κ2) is 6.40. The summed E-state index contributed by atoms with van der Waals surface area (Å²) in [6.45, 7) is 3.27. The monoisotopic (exact) mass is 343 g/mol. The Kier molecular flexibility index (Phi) is 4.23. The van der Waals surface area contributed by atoms with Gasteiger partial charge in [-0.25, -0.2) is 5.43 Å². The van der Waals surface area contributed by atoms with E-state index in [9.17, 15) is 9.59 Å². The number of nitrogens with zero attached hydrogens (tertiary/aromatic N) is 3. The lowest BCUT2D eigenvalue weighted by Crippen LogP contribution is -2.64. The molecule has 7 heteroatoms. The molecule has 25 heavy (non-hydrogen) atoms. The zero-order valence-corrected chi connectivity index (χ0v) is 14.6. The number of para-hydroxylation sites is 1. The van der Waals surface area contributed by atoms with Gasteiger partial charge in [-0.1, -0.05) is 18.2 Å². The molecule has 0 bridgehead atoms. The number of carbonyl (C=O) groups excluding carboxylic acids is 2. The van der Waals surface area contributed by atoms with Gasteiger partial charge in [0.15, 0.2) is 0 Å². The molecule has 2 unspecified atom stereocenters. The largest absolute Gasteiger partial charge is 0.339 e. The minimum absolute atomic E-state index is 0.116.